The second-order valence-corrected chi connectivity index (χ2v) is 3.58. The van der Waals surface area contributed by atoms with Crippen LogP contribution in [0.2, 0.25) is 0 Å². The molecule has 0 spiro atoms. The minimum absolute atomic E-state index is 0.865. The highest BCUT2D eigenvalue weighted by Crippen LogP contribution is 2.23. The third-order valence-corrected chi connectivity index (χ3v) is 2.42. The van der Waals surface area contributed by atoms with Crippen LogP contribution < -0.4 is 0 Å². The molecule has 1 aromatic heterocycles. The first kappa shape index (κ1) is 9.61. The van der Waals surface area contributed by atoms with Crippen LogP contribution in [0.4, 0.5) is 0 Å². The third-order valence-electron chi connectivity index (χ3n) is 2.42. The van der Waals surface area contributed by atoms with Crippen molar-refractivity contribution in [1.82, 2.24) is 0 Å². The van der Waals surface area contributed by atoms with E-state index in [2.05, 4.69) is 5.92 Å². The van der Waals surface area contributed by atoms with Crippen LogP contribution in [-0.4, -0.2) is 0 Å². The van der Waals surface area contributed by atoms with Gasteiger partial charge in [-0.3, -0.25) is 0 Å². The van der Waals surface area contributed by atoms with Crippen LogP contribution in [0, 0.1) is 26.2 Å². The van der Waals surface area contributed by atoms with E-state index < -0.39 is 0 Å². The highest BCUT2D eigenvalue weighted by Gasteiger charge is 2.04. The fourth-order valence-corrected chi connectivity index (χ4v) is 1.52. The van der Waals surface area contributed by atoms with Gasteiger partial charge in [0.05, 0.1) is 0 Å². The maximum absolute atomic E-state index is 5.54. The van der Waals surface area contributed by atoms with Crippen molar-refractivity contribution in [3.8, 4) is 23.7 Å². The summed E-state index contributed by atoms with van der Waals surface area (Å²) in [6.07, 6.45) is 5.42. The molecule has 1 heteroatoms. The van der Waals surface area contributed by atoms with E-state index in [0.717, 1.165) is 28.2 Å². The molecule has 1 aromatic carbocycles. The van der Waals surface area contributed by atoms with E-state index in [9.17, 15) is 0 Å². The summed E-state index contributed by atoms with van der Waals surface area (Å²) >= 11 is 0. The largest absolute Gasteiger partial charge is 0.461 e. The molecule has 0 atom stereocenters. The number of hydrogen-bond acceptors (Lipinski definition) is 1. The highest BCUT2D eigenvalue weighted by atomic mass is 16.3. The SMILES string of the molecule is C#Cc1cc(-c2ccc(C)o2)ccc1C. The van der Waals surface area contributed by atoms with E-state index in [1.54, 1.807) is 0 Å². The molecular formula is C14H12O. The molecule has 0 radical (unpaired) electrons. The lowest BCUT2D eigenvalue weighted by Gasteiger charge is -2.01. The van der Waals surface area contributed by atoms with Gasteiger partial charge in [0.25, 0.3) is 0 Å². The quantitative estimate of drug-likeness (QED) is 0.636. The molecule has 0 fully saturated rings. The molecule has 0 aliphatic heterocycles. The van der Waals surface area contributed by atoms with Crippen LogP contribution in [0.1, 0.15) is 16.9 Å². The van der Waals surface area contributed by atoms with E-state index in [0.29, 0.717) is 0 Å². The van der Waals surface area contributed by atoms with Crippen molar-refractivity contribution in [1.29, 1.82) is 0 Å². The van der Waals surface area contributed by atoms with Gasteiger partial charge in [-0.1, -0.05) is 18.1 Å². The van der Waals surface area contributed by atoms with Gasteiger partial charge < -0.3 is 4.42 Å². The lowest BCUT2D eigenvalue weighted by atomic mass is 10.0. The summed E-state index contributed by atoms with van der Waals surface area (Å²) in [7, 11) is 0. The molecule has 1 nitrogen and oxygen atoms in total. The molecule has 1 heterocycles. The van der Waals surface area contributed by atoms with E-state index >= 15 is 0 Å². The van der Waals surface area contributed by atoms with Crippen molar-refractivity contribution < 1.29 is 4.42 Å². The minimum atomic E-state index is 0.865. The molecule has 0 saturated heterocycles. The van der Waals surface area contributed by atoms with Crippen molar-refractivity contribution in [3.05, 3.63) is 47.2 Å². The van der Waals surface area contributed by atoms with Crippen molar-refractivity contribution in [2.24, 2.45) is 0 Å². The fraction of sp³-hybridized carbons (Fsp3) is 0.143. The maximum atomic E-state index is 5.54. The van der Waals surface area contributed by atoms with Gasteiger partial charge in [0.15, 0.2) is 0 Å². The molecule has 0 bridgehead atoms. The van der Waals surface area contributed by atoms with Gasteiger partial charge in [0.1, 0.15) is 11.5 Å². The number of aryl methyl sites for hydroxylation is 2. The lowest BCUT2D eigenvalue weighted by Crippen LogP contribution is -1.83. The standard InChI is InChI=1S/C14H12O/c1-4-12-9-13(7-5-10(12)2)14-8-6-11(3)15-14/h1,5-9H,2-3H3. The summed E-state index contributed by atoms with van der Waals surface area (Å²) in [6.45, 7) is 3.94. The molecule has 0 aliphatic carbocycles. The molecular weight excluding hydrogens is 184 g/mol. The summed E-state index contributed by atoms with van der Waals surface area (Å²) in [5, 5.41) is 0. The first-order chi connectivity index (χ1) is 7.20. The van der Waals surface area contributed by atoms with Gasteiger partial charge in [-0.15, -0.1) is 6.42 Å². The first-order valence-corrected chi connectivity index (χ1v) is 4.85. The summed E-state index contributed by atoms with van der Waals surface area (Å²) in [6, 6.07) is 9.93. The summed E-state index contributed by atoms with van der Waals surface area (Å²) in [4.78, 5) is 0. The van der Waals surface area contributed by atoms with Gasteiger partial charge in [-0.2, -0.15) is 0 Å². The van der Waals surface area contributed by atoms with E-state index in [4.69, 9.17) is 10.8 Å². The van der Waals surface area contributed by atoms with Gasteiger partial charge in [0.2, 0.25) is 0 Å². The number of benzene rings is 1. The average molecular weight is 196 g/mol. The third kappa shape index (κ3) is 1.80. The second-order valence-electron chi connectivity index (χ2n) is 3.58. The topological polar surface area (TPSA) is 13.1 Å². The normalized spacial score (nSPS) is 9.93. The van der Waals surface area contributed by atoms with Crippen LogP contribution in [0.25, 0.3) is 11.3 Å². The Morgan fingerprint density at radius 1 is 1.13 bits per heavy atom. The smallest absolute Gasteiger partial charge is 0.134 e. The summed E-state index contributed by atoms with van der Waals surface area (Å²) in [5.41, 5.74) is 3.06. The van der Waals surface area contributed by atoms with Crippen LogP contribution in [0.5, 0.6) is 0 Å². The van der Waals surface area contributed by atoms with Crippen molar-refractivity contribution >= 4 is 0 Å². The Morgan fingerprint density at radius 3 is 2.53 bits per heavy atom. The number of hydrogen-bond donors (Lipinski definition) is 0. The lowest BCUT2D eigenvalue weighted by molar-refractivity contribution is 0.548. The zero-order chi connectivity index (χ0) is 10.8. The van der Waals surface area contributed by atoms with Gasteiger partial charge in [-0.05, 0) is 37.6 Å². The summed E-state index contributed by atoms with van der Waals surface area (Å²) < 4.78 is 5.54. The predicted octanol–water partition coefficient (Wildman–Crippen LogP) is 3.54. The molecule has 2 rings (SSSR count). The highest BCUT2D eigenvalue weighted by molar-refractivity contribution is 5.61. The van der Waals surface area contributed by atoms with Crippen molar-refractivity contribution in [2.45, 2.75) is 13.8 Å². The van der Waals surface area contributed by atoms with Crippen molar-refractivity contribution in [3.63, 3.8) is 0 Å². The van der Waals surface area contributed by atoms with Gasteiger partial charge >= 0.3 is 0 Å². The van der Waals surface area contributed by atoms with E-state index in [1.807, 2.05) is 44.2 Å². The van der Waals surface area contributed by atoms with Gasteiger partial charge in [0, 0.05) is 11.1 Å². The van der Waals surface area contributed by atoms with Crippen LogP contribution in [0.3, 0.4) is 0 Å². The molecule has 2 aromatic rings. The maximum Gasteiger partial charge on any atom is 0.134 e. The van der Waals surface area contributed by atoms with Crippen molar-refractivity contribution in [2.75, 3.05) is 0 Å². The Morgan fingerprint density at radius 2 is 1.93 bits per heavy atom. The Balaban J connectivity index is 2.51. The molecule has 15 heavy (non-hydrogen) atoms. The molecule has 0 aliphatic rings. The fourth-order valence-electron chi connectivity index (χ4n) is 1.52. The van der Waals surface area contributed by atoms with Crippen LogP contribution >= 0.6 is 0 Å². The summed E-state index contributed by atoms with van der Waals surface area (Å²) in [5.74, 6) is 4.45. The monoisotopic (exact) mass is 196 g/mol. The zero-order valence-corrected chi connectivity index (χ0v) is 8.87. The van der Waals surface area contributed by atoms with Gasteiger partial charge in [-0.25, -0.2) is 0 Å². The molecule has 0 unspecified atom stereocenters. The molecule has 74 valence electrons. The second kappa shape index (κ2) is 3.67. The van der Waals surface area contributed by atoms with Crippen LogP contribution in [0.15, 0.2) is 34.7 Å². The Kier molecular flexibility index (Phi) is 2.35. The predicted molar refractivity (Wildman–Crippen MR) is 61.6 cm³/mol. The molecule has 0 amide bonds. The number of terminal acetylenes is 1. The molecule has 0 saturated carbocycles. The Bertz CT molecular complexity index is 527. The van der Waals surface area contributed by atoms with E-state index in [-0.39, 0.29) is 0 Å². The minimum Gasteiger partial charge on any atom is -0.461 e. The first-order valence-electron chi connectivity index (χ1n) is 4.85. The Hall–Kier alpha value is -1.94. The molecule has 0 N–H and O–H groups in total. The Labute approximate surface area is 89.7 Å². The average Bonchev–Trinajstić information content (AvgIpc) is 2.66. The zero-order valence-electron chi connectivity index (χ0n) is 8.87. The van der Waals surface area contributed by atoms with E-state index in [1.165, 1.54) is 0 Å². The van der Waals surface area contributed by atoms with Crippen LogP contribution in [-0.2, 0) is 0 Å². The number of rotatable bonds is 1. The number of furan rings is 1.